The van der Waals surface area contributed by atoms with Gasteiger partial charge in [0, 0.05) is 55.6 Å². The molecule has 2 saturated heterocycles. The summed E-state index contributed by atoms with van der Waals surface area (Å²) in [5.41, 5.74) is 0.916. The Labute approximate surface area is 387 Å². The number of ether oxygens (including phenoxy) is 1. The molecule has 13 nitrogen and oxygen atoms in total. The first kappa shape index (κ1) is 46.7. The van der Waals surface area contributed by atoms with Crippen LogP contribution < -0.4 is 9.64 Å². The quantitative estimate of drug-likeness (QED) is 0.141. The van der Waals surface area contributed by atoms with E-state index in [-0.39, 0.29) is 53.0 Å². The maximum absolute atomic E-state index is 13.6. The van der Waals surface area contributed by atoms with E-state index in [0.29, 0.717) is 66.3 Å². The Morgan fingerprint density at radius 2 is 1.70 bits per heavy atom. The predicted octanol–water partition coefficient (Wildman–Crippen LogP) is 7.88. The summed E-state index contributed by atoms with van der Waals surface area (Å²) in [4.78, 5) is 55.4. The van der Waals surface area contributed by atoms with Crippen molar-refractivity contribution in [2.75, 3.05) is 37.7 Å². The number of aliphatic hydroxyl groups is 3. The highest BCUT2D eigenvalue weighted by molar-refractivity contribution is 5.98. The molecule has 4 N–H and O–H groups in total. The van der Waals surface area contributed by atoms with E-state index in [0.717, 1.165) is 75.8 Å². The first-order valence-corrected chi connectivity index (χ1v) is 23.8. The minimum atomic E-state index is -4.95. The topological polar surface area (TPSA) is 193 Å². The Balaban J connectivity index is 0.000000186. The van der Waals surface area contributed by atoms with E-state index >= 15 is 0 Å². The number of carbonyl (C=O) groups excluding carboxylic acids is 3. The summed E-state index contributed by atoms with van der Waals surface area (Å²) in [5, 5.41) is 39.6. The predicted molar refractivity (Wildman–Crippen MR) is 242 cm³/mol. The second-order valence-corrected chi connectivity index (χ2v) is 20.4. The third kappa shape index (κ3) is 8.60. The number of Topliss-reactive ketones (excluding diaryl/α,β-unsaturated/α-hetero) is 2. The molecule has 0 spiro atoms. The highest BCUT2D eigenvalue weighted by Crippen LogP contribution is 2.67. The van der Waals surface area contributed by atoms with Gasteiger partial charge >= 0.3 is 6.36 Å². The summed E-state index contributed by atoms with van der Waals surface area (Å²) >= 11 is 0. The van der Waals surface area contributed by atoms with Gasteiger partial charge in [-0.3, -0.25) is 14.4 Å². The molecule has 356 valence electrons. The van der Waals surface area contributed by atoms with Gasteiger partial charge in [-0.25, -0.2) is 9.97 Å². The van der Waals surface area contributed by atoms with Gasteiger partial charge in [0.15, 0.2) is 5.78 Å². The number of nitrogens with zero attached hydrogens (tertiary/aromatic N) is 5. The molecule has 1 amide bonds. The summed E-state index contributed by atoms with van der Waals surface area (Å²) in [6.45, 7) is 6.11. The summed E-state index contributed by atoms with van der Waals surface area (Å²) in [6.07, 6.45) is 5.76. The van der Waals surface area contributed by atoms with Crippen LogP contribution in [0.25, 0.3) is 22.4 Å². The molecule has 4 saturated carbocycles. The third-order valence-corrected chi connectivity index (χ3v) is 16.9. The number of nitriles is 1. The van der Waals surface area contributed by atoms with Gasteiger partial charge in [0.1, 0.15) is 35.4 Å². The Morgan fingerprint density at radius 1 is 0.970 bits per heavy atom. The summed E-state index contributed by atoms with van der Waals surface area (Å²) in [6, 6.07) is 15.4. The van der Waals surface area contributed by atoms with Crippen LogP contribution in [0.15, 0.2) is 54.7 Å². The molecule has 0 radical (unpaired) electrons. The fourth-order valence-corrected chi connectivity index (χ4v) is 13.3. The highest BCUT2D eigenvalue weighted by atomic mass is 19.4. The number of fused-ring (bicyclic) bond motifs is 6. The summed E-state index contributed by atoms with van der Waals surface area (Å²) in [5.74, 6) is 0.756. The van der Waals surface area contributed by atoms with E-state index in [1.807, 2.05) is 25.1 Å². The largest absolute Gasteiger partial charge is 0.573 e. The van der Waals surface area contributed by atoms with Crippen molar-refractivity contribution >= 4 is 34.3 Å². The molecule has 0 bridgehead atoms. The summed E-state index contributed by atoms with van der Waals surface area (Å²) in [7, 11) is 0. The number of aliphatic hydroxyl groups excluding tert-OH is 2. The molecule has 16 heteroatoms. The van der Waals surface area contributed by atoms with Gasteiger partial charge in [-0.15, -0.1) is 13.2 Å². The standard InChI is InChI=1S/C30H27F3N6O2.C21H32O5/c31-30(32,33)41-26-8-7-22(28-36-24-16-27(35-18-25(24)37-28)38-11-1-2-12-38)15-23(26)29(40)39-13-9-21(10-14-39)20-5-3-19(17-34)4-6-20;1-19-7-5-13(23)9-12(19)3-4-14-15-6-8-21(26,17(25)11-22)20(15,2)10-16(24)18(14)19/h3-8,15-16,18,21H,1-2,9-14H2,(H,36,37);12-15,18,22-23,26H,3-11H2,1-2H3/t;12-,13-,14+,15+,18-,19+,20+,21+/m.1/s1. The van der Waals surface area contributed by atoms with E-state index in [2.05, 4.69) is 37.6 Å². The molecular formula is C51H59F3N6O7. The van der Waals surface area contributed by atoms with E-state index in [4.69, 9.17) is 5.26 Å². The molecule has 4 aliphatic carbocycles. The third-order valence-electron chi connectivity index (χ3n) is 16.9. The number of aromatic nitrogens is 3. The zero-order valence-corrected chi connectivity index (χ0v) is 38.0. The first-order chi connectivity index (χ1) is 31.9. The number of imidazole rings is 1. The number of ketones is 2. The van der Waals surface area contributed by atoms with Crippen molar-refractivity contribution in [2.45, 2.75) is 115 Å². The van der Waals surface area contributed by atoms with Crippen molar-refractivity contribution in [3.63, 3.8) is 0 Å². The molecule has 4 aromatic rings. The van der Waals surface area contributed by atoms with Crippen molar-refractivity contribution in [1.29, 1.82) is 5.26 Å². The first-order valence-electron chi connectivity index (χ1n) is 23.8. The van der Waals surface area contributed by atoms with Gasteiger partial charge in [0.25, 0.3) is 5.91 Å². The van der Waals surface area contributed by atoms with Crippen LogP contribution in [0.4, 0.5) is 19.0 Å². The highest BCUT2D eigenvalue weighted by Gasteiger charge is 2.69. The molecule has 67 heavy (non-hydrogen) atoms. The van der Waals surface area contributed by atoms with Gasteiger partial charge in [-0.05, 0) is 136 Å². The van der Waals surface area contributed by atoms with Gasteiger partial charge in [0.2, 0.25) is 0 Å². The molecule has 2 aliphatic heterocycles. The number of aromatic amines is 1. The van der Waals surface area contributed by atoms with Crippen LogP contribution in [-0.2, 0) is 9.59 Å². The lowest BCUT2D eigenvalue weighted by Gasteiger charge is -2.60. The number of rotatable bonds is 7. The van der Waals surface area contributed by atoms with Crippen molar-refractivity contribution in [3.8, 4) is 23.2 Å². The smallest absolute Gasteiger partial charge is 0.405 e. The van der Waals surface area contributed by atoms with E-state index < -0.39 is 41.4 Å². The molecule has 10 rings (SSSR count). The number of likely N-dealkylation sites (tertiary alicyclic amines) is 1. The monoisotopic (exact) mass is 924 g/mol. The molecule has 4 heterocycles. The average molecular weight is 925 g/mol. The van der Waals surface area contributed by atoms with Crippen LogP contribution in [0.5, 0.6) is 5.75 Å². The number of H-pyrrole nitrogens is 1. The SMILES string of the molecule is C[C@]12CC[C@@H](O)C[C@H]1CC[C@@H]1[C@@H]2C(=O)C[C@@]2(C)[C@H]1CC[C@]2(O)C(=O)CO.N#Cc1ccc(C2CCN(C(=O)c3cc(-c4nc5cc(N6CCCC6)ncc5[nH]4)ccc3OC(F)(F)F)CC2)cc1. The van der Waals surface area contributed by atoms with Gasteiger partial charge < -0.3 is 34.8 Å². The zero-order chi connectivity index (χ0) is 47.5. The number of nitrogens with one attached hydrogen (secondary N) is 1. The number of pyridine rings is 1. The lowest BCUT2D eigenvalue weighted by atomic mass is 9.44. The number of anilines is 1. The van der Waals surface area contributed by atoms with Gasteiger partial charge in [-0.1, -0.05) is 26.0 Å². The molecule has 2 aromatic heterocycles. The van der Waals surface area contributed by atoms with Gasteiger partial charge in [-0.2, -0.15) is 5.26 Å². The minimum Gasteiger partial charge on any atom is -0.405 e. The van der Waals surface area contributed by atoms with E-state index in [9.17, 15) is 42.9 Å². The Bertz CT molecular complexity index is 2570. The number of benzene rings is 2. The van der Waals surface area contributed by atoms with E-state index in [1.54, 1.807) is 23.2 Å². The average Bonchev–Trinajstić information content (AvgIpc) is 4.07. The number of halogens is 3. The molecule has 6 fully saturated rings. The minimum absolute atomic E-state index is 0.0154. The van der Waals surface area contributed by atoms with Crippen molar-refractivity contribution in [3.05, 3.63) is 71.4 Å². The number of hydrogen-bond acceptors (Lipinski definition) is 11. The number of hydrogen-bond donors (Lipinski definition) is 4. The van der Waals surface area contributed by atoms with Crippen LogP contribution in [0.3, 0.4) is 0 Å². The fraction of sp³-hybridized carbons (Fsp3) is 0.569. The molecule has 8 atom stereocenters. The second kappa shape index (κ2) is 17.9. The Hall–Kier alpha value is -5.37. The number of carbonyl (C=O) groups is 3. The second-order valence-electron chi connectivity index (χ2n) is 20.4. The van der Waals surface area contributed by atoms with Crippen molar-refractivity contribution < 1.29 is 47.6 Å². The zero-order valence-electron chi connectivity index (χ0n) is 38.0. The molecule has 6 aliphatic rings. The lowest BCUT2D eigenvalue weighted by Crippen LogP contribution is -2.62. The van der Waals surface area contributed by atoms with Crippen molar-refractivity contribution in [2.24, 2.45) is 34.5 Å². The van der Waals surface area contributed by atoms with Crippen LogP contribution >= 0.6 is 0 Å². The number of alkyl halides is 3. The lowest BCUT2D eigenvalue weighted by molar-refractivity contribution is -0.274. The molecule has 0 unspecified atom stereocenters. The maximum Gasteiger partial charge on any atom is 0.573 e. The Kier molecular flexibility index (Phi) is 12.5. The molecular weight excluding hydrogens is 866 g/mol. The number of amides is 1. The number of piperidine rings is 1. The van der Waals surface area contributed by atoms with E-state index in [1.165, 1.54) is 18.2 Å². The van der Waals surface area contributed by atoms with Crippen LogP contribution in [-0.4, -0.2) is 103 Å². The van der Waals surface area contributed by atoms with Crippen LogP contribution in [0.1, 0.15) is 118 Å². The van der Waals surface area contributed by atoms with Crippen molar-refractivity contribution in [1.82, 2.24) is 19.9 Å². The normalized spacial score (nSPS) is 30.7. The summed E-state index contributed by atoms with van der Waals surface area (Å²) < 4.78 is 44.0. The Morgan fingerprint density at radius 3 is 2.39 bits per heavy atom. The van der Waals surface area contributed by atoms with Crippen LogP contribution in [0, 0.1) is 45.8 Å². The molecule has 2 aromatic carbocycles. The van der Waals surface area contributed by atoms with Gasteiger partial charge in [0.05, 0.1) is 40.5 Å². The fourth-order valence-electron chi connectivity index (χ4n) is 13.3. The maximum atomic E-state index is 13.6. The van der Waals surface area contributed by atoms with Crippen LogP contribution in [0.2, 0.25) is 0 Å².